The van der Waals surface area contributed by atoms with E-state index in [2.05, 4.69) is 56.3 Å². The number of benzene rings is 2. The Bertz CT molecular complexity index is 696. The van der Waals surface area contributed by atoms with Crippen molar-refractivity contribution in [1.29, 1.82) is 0 Å². The summed E-state index contributed by atoms with van der Waals surface area (Å²) in [4.78, 5) is 15.7. The third-order valence-electron chi connectivity index (χ3n) is 4.18. The Hall–Kier alpha value is -1.74. The molecule has 0 radical (unpaired) electrons. The smallest absolute Gasteiger partial charge is 0.233 e. The molecule has 0 spiro atoms. The summed E-state index contributed by atoms with van der Waals surface area (Å²) < 4.78 is 0. The Morgan fingerprint density at radius 3 is 2.73 bits per heavy atom. The molecule has 0 saturated heterocycles. The number of hydrogen-bond acceptors (Lipinski definition) is 2. The predicted molar refractivity (Wildman–Crippen MR) is 92.2 cm³/mol. The molecule has 0 aromatic heterocycles. The second-order valence-corrected chi connectivity index (χ2v) is 6.91. The summed E-state index contributed by atoms with van der Waals surface area (Å²) in [5.41, 5.74) is 5.16. The van der Waals surface area contributed by atoms with E-state index in [-0.39, 0.29) is 5.91 Å². The molecule has 0 aliphatic carbocycles. The van der Waals surface area contributed by atoms with Gasteiger partial charge in [0, 0.05) is 18.0 Å². The summed E-state index contributed by atoms with van der Waals surface area (Å²) in [6.07, 6.45) is 0.968. The maximum atomic E-state index is 12.5. The highest BCUT2D eigenvalue weighted by atomic mass is 32.2. The number of hydrogen-bond donors (Lipinski definition) is 0. The van der Waals surface area contributed by atoms with Crippen LogP contribution in [0, 0.1) is 13.8 Å². The van der Waals surface area contributed by atoms with Gasteiger partial charge in [-0.05, 0) is 43.0 Å². The van der Waals surface area contributed by atoms with Gasteiger partial charge in [0.25, 0.3) is 0 Å². The van der Waals surface area contributed by atoms with Crippen LogP contribution in [-0.2, 0) is 17.8 Å². The van der Waals surface area contributed by atoms with Crippen molar-refractivity contribution in [1.82, 2.24) is 4.90 Å². The SMILES string of the molecule is Cc1ccc(C)c(SCC(=O)N2CCc3ccccc3C2)c1. The van der Waals surface area contributed by atoms with Gasteiger partial charge in [-0.3, -0.25) is 4.79 Å². The first kappa shape index (κ1) is 15.2. The lowest BCUT2D eigenvalue weighted by atomic mass is 10.00. The Balaban J connectivity index is 1.62. The fourth-order valence-corrected chi connectivity index (χ4v) is 3.83. The minimum absolute atomic E-state index is 0.236. The third-order valence-corrected chi connectivity index (χ3v) is 5.32. The van der Waals surface area contributed by atoms with Crippen LogP contribution in [0.3, 0.4) is 0 Å². The second kappa shape index (κ2) is 6.57. The zero-order valence-electron chi connectivity index (χ0n) is 13.1. The van der Waals surface area contributed by atoms with Gasteiger partial charge in [0.1, 0.15) is 0 Å². The highest BCUT2D eigenvalue weighted by Gasteiger charge is 2.20. The Kier molecular flexibility index (Phi) is 4.53. The summed E-state index contributed by atoms with van der Waals surface area (Å²) >= 11 is 1.65. The van der Waals surface area contributed by atoms with Gasteiger partial charge >= 0.3 is 0 Å². The van der Waals surface area contributed by atoms with E-state index in [0.29, 0.717) is 5.75 Å². The summed E-state index contributed by atoms with van der Waals surface area (Å²) in [6.45, 7) is 5.78. The van der Waals surface area contributed by atoms with Crippen molar-refractivity contribution in [2.24, 2.45) is 0 Å². The molecule has 2 nitrogen and oxygen atoms in total. The van der Waals surface area contributed by atoms with Gasteiger partial charge in [0.2, 0.25) is 5.91 Å². The van der Waals surface area contributed by atoms with Crippen LogP contribution in [0.5, 0.6) is 0 Å². The summed E-state index contributed by atoms with van der Waals surface area (Å²) in [5, 5.41) is 0. The van der Waals surface area contributed by atoms with Crippen LogP contribution >= 0.6 is 11.8 Å². The molecular formula is C19H21NOS. The molecule has 1 aliphatic rings. The molecule has 2 aromatic rings. The van der Waals surface area contributed by atoms with Crippen molar-refractivity contribution in [3.05, 3.63) is 64.7 Å². The van der Waals surface area contributed by atoms with Crippen LogP contribution in [0.2, 0.25) is 0 Å². The Morgan fingerprint density at radius 1 is 1.14 bits per heavy atom. The molecule has 114 valence electrons. The summed E-state index contributed by atoms with van der Waals surface area (Å²) in [6, 6.07) is 14.8. The van der Waals surface area contributed by atoms with E-state index in [4.69, 9.17) is 0 Å². The van der Waals surface area contributed by atoms with Crippen LogP contribution in [0.15, 0.2) is 47.4 Å². The van der Waals surface area contributed by atoms with E-state index in [0.717, 1.165) is 19.5 Å². The van der Waals surface area contributed by atoms with Crippen LogP contribution < -0.4 is 0 Å². The van der Waals surface area contributed by atoms with Gasteiger partial charge < -0.3 is 4.90 Å². The molecule has 0 bridgehead atoms. The van der Waals surface area contributed by atoms with Gasteiger partial charge in [0.15, 0.2) is 0 Å². The number of nitrogens with zero attached hydrogens (tertiary/aromatic N) is 1. The highest BCUT2D eigenvalue weighted by molar-refractivity contribution is 8.00. The standard InChI is InChI=1S/C19H21NOS/c1-14-7-8-15(2)18(11-14)22-13-19(21)20-10-9-16-5-3-4-6-17(16)12-20/h3-8,11H,9-10,12-13H2,1-2H3. The quantitative estimate of drug-likeness (QED) is 0.799. The number of carbonyl (C=O) groups excluding carboxylic acids is 1. The highest BCUT2D eigenvalue weighted by Crippen LogP contribution is 2.25. The van der Waals surface area contributed by atoms with Crippen LogP contribution in [0.25, 0.3) is 0 Å². The Labute approximate surface area is 136 Å². The molecule has 3 heteroatoms. The maximum absolute atomic E-state index is 12.5. The van der Waals surface area contributed by atoms with Gasteiger partial charge in [-0.2, -0.15) is 0 Å². The summed E-state index contributed by atoms with van der Waals surface area (Å²) in [5.74, 6) is 0.757. The first-order valence-electron chi connectivity index (χ1n) is 7.68. The molecular weight excluding hydrogens is 290 g/mol. The lowest BCUT2D eigenvalue weighted by Crippen LogP contribution is -2.37. The number of amides is 1. The zero-order chi connectivity index (χ0) is 15.5. The topological polar surface area (TPSA) is 20.3 Å². The molecule has 1 aliphatic heterocycles. The molecule has 3 rings (SSSR count). The second-order valence-electron chi connectivity index (χ2n) is 5.89. The lowest BCUT2D eigenvalue weighted by Gasteiger charge is -2.28. The van der Waals surface area contributed by atoms with Crippen molar-refractivity contribution >= 4 is 17.7 Å². The Morgan fingerprint density at radius 2 is 1.91 bits per heavy atom. The minimum Gasteiger partial charge on any atom is -0.337 e. The number of aryl methyl sites for hydroxylation is 2. The first-order valence-corrected chi connectivity index (χ1v) is 8.66. The van der Waals surface area contributed by atoms with Crippen LogP contribution in [0.1, 0.15) is 22.3 Å². The monoisotopic (exact) mass is 311 g/mol. The average Bonchev–Trinajstić information content (AvgIpc) is 2.55. The molecule has 0 N–H and O–H groups in total. The predicted octanol–water partition coefficient (Wildman–Crippen LogP) is 3.98. The largest absolute Gasteiger partial charge is 0.337 e. The molecule has 0 atom stereocenters. The van der Waals surface area contributed by atoms with Gasteiger partial charge in [-0.15, -0.1) is 11.8 Å². The third kappa shape index (κ3) is 3.36. The minimum atomic E-state index is 0.236. The van der Waals surface area contributed by atoms with E-state index >= 15 is 0 Å². The van der Waals surface area contributed by atoms with Crippen LogP contribution in [0.4, 0.5) is 0 Å². The van der Waals surface area contributed by atoms with Gasteiger partial charge in [-0.1, -0.05) is 42.0 Å². The van der Waals surface area contributed by atoms with E-state index in [9.17, 15) is 4.79 Å². The van der Waals surface area contributed by atoms with E-state index in [1.54, 1.807) is 11.8 Å². The molecule has 0 fully saturated rings. The molecule has 1 amide bonds. The van der Waals surface area contributed by atoms with E-state index in [1.165, 1.54) is 27.1 Å². The zero-order valence-corrected chi connectivity index (χ0v) is 14.0. The lowest BCUT2D eigenvalue weighted by molar-refractivity contribution is -0.129. The maximum Gasteiger partial charge on any atom is 0.233 e. The normalized spacial score (nSPS) is 13.8. The molecule has 2 aromatic carbocycles. The van der Waals surface area contributed by atoms with Crippen molar-refractivity contribution in [3.8, 4) is 0 Å². The average molecular weight is 311 g/mol. The first-order chi connectivity index (χ1) is 10.6. The molecule has 0 saturated carbocycles. The number of carbonyl (C=O) groups is 1. The van der Waals surface area contributed by atoms with Crippen molar-refractivity contribution in [3.63, 3.8) is 0 Å². The molecule has 0 unspecified atom stereocenters. The number of fused-ring (bicyclic) bond motifs is 1. The van der Waals surface area contributed by atoms with Gasteiger partial charge in [-0.25, -0.2) is 0 Å². The summed E-state index contributed by atoms with van der Waals surface area (Å²) in [7, 11) is 0. The fourth-order valence-electron chi connectivity index (χ4n) is 2.80. The number of rotatable bonds is 3. The van der Waals surface area contributed by atoms with Crippen LogP contribution in [-0.4, -0.2) is 23.1 Å². The van der Waals surface area contributed by atoms with Crippen molar-refractivity contribution < 1.29 is 4.79 Å². The molecule has 1 heterocycles. The van der Waals surface area contributed by atoms with Crippen molar-refractivity contribution in [2.75, 3.05) is 12.3 Å². The van der Waals surface area contributed by atoms with E-state index < -0.39 is 0 Å². The molecule has 22 heavy (non-hydrogen) atoms. The van der Waals surface area contributed by atoms with Crippen molar-refractivity contribution in [2.45, 2.75) is 31.7 Å². The number of thioether (sulfide) groups is 1. The van der Waals surface area contributed by atoms with E-state index in [1.807, 2.05) is 4.90 Å². The fraction of sp³-hybridized carbons (Fsp3) is 0.316. The van der Waals surface area contributed by atoms with Gasteiger partial charge in [0.05, 0.1) is 5.75 Å².